The van der Waals surface area contributed by atoms with Gasteiger partial charge in [-0.05, 0) is 24.3 Å². The third kappa shape index (κ3) is 4.85. The molecule has 0 aromatic heterocycles. The van der Waals surface area contributed by atoms with E-state index in [1.807, 2.05) is 0 Å². The van der Waals surface area contributed by atoms with Crippen molar-refractivity contribution in [1.82, 2.24) is 0 Å². The van der Waals surface area contributed by atoms with E-state index in [-0.39, 0.29) is 18.3 Å². The van der Waals surface area contributed by atoms with Crippen molar-refractivity contribution in [1.29, 1.82) is 0 Å². The van der Waals surface area contributed by atoms with Gasteiger partial charge in [0, 0.05) is 18.2 Å². The zero-order chi connectivity index (χ0) is 12.7. The highest BCUT2D eigenvalue weighted by molar-refractivity contribution is 5.88. The molecule has 0 atom stereocenters. The van der Waals surface area contributed by atoms with Crippen LogP contribution in [0.3, 0.4) is 0 Å². The standard InChI is InChI=1S/C13H13NO3/c1-10(15)14-12-8-6-11(7-9-12)4-3-5-13(16)17-2/h6-9H,5H2,1-2H3,(H,14,15). The lowest BCUT2D eigenvalue weighted by atomic mass is 10.2. The Kier molecular flexibility index (Phi) is 4.77. The van der Waals surface area contributed by atoms with Crippen LogP contribution in [0.4, 0.5) is 5.69 Å². The number of methoxy groups -OCH3 is 1. The van der Waals surface area contributed by atoms with Gasteiger partial charge in [0.15, 0.2) is 0 Å². The molecule has 0 aliphatic heterocycles. The number of benzene rings is 1. The summed E-state index contributed by atoms with van der Waals surface area (Å²) < 4.78 is 4.46. The lowest BCUT2D eigenvalue weighted by molar-refractivity contribution is -0.139. The van der Waals surface area contributed by atoms with Crippen LogP contribution in [0.1, 0.15) is 18.9 Å². The lowest BCUT2D eigenvalue weighted by Gasteiger charge is -2.00. The summed E-state index contributed by atoms with van der Waals surface area (Å²) in [5, 5.41) is 2.65. The Morgan fingerprint density at radius 1 is 1.29 bits per heavy atom. The molecule has 17 heavy (non-hydrogen) atoms. The fourth-order valence-electron chi connectivity index (χ4n) is 1.13. The first-order valence-electron chi connectivity index (χ1n) is 5.05. The van der Waals surface area contributed by atoms with Crippen molar-refractivity contribution in [2.45, 2.75) is 13.3 Å². The number of esters is 1. The Bertz CT molecular complexity index is 466. The molecular weight excluding hydrogens is 218 g/mol. The van der Waals surface area contributed by atoms with Gasteiger partial charge in [0.25, 0.3) is 0 Å². The van der Waals surface area contributed by atoms with Crippen molar-refractivity contribution < 1.29 is 14.3 Å². The zero-order valence-corrected chi connectivity index (χ0v) is 9.74. The zero-order valence-electron chi connectivity index (χ0n) is 9.74. The average Bonchev–Trinajstić information content (AvgIpc) is 2.30. The second-order valence-electron chi connectivity index (χ2n) is 3.31. The van der Waals surface area contributed by atoms with Gasteiger partial charge in [0.2, 0.25) is 5.91 Å². The van der Waals surface area contributed by atoms with Crippen LogP contribution in [0.25, 0.3) is 0 Å². The summed E-state index contributed by atoms with van der Waals surface area (Å²) >= 11 is 0. The number of anilines is 1. The lowest BCUT2D eigenvalue weighted by Crippen LogP contribution is -2.05. The highest BCUT2D eigenvalue weighted by atomic mass is 16.5. The molecule has 0 spiro atoms. The van der Waals surface area contributed by atoms with E-state index >= 15 is 0 Å². The number of hydrogen-bond donors (Lipinski definition) is 1. The van der Waals surface area contributed by atoms with Crippen molar-refractivity contribution in [2.24, 2.45) is 0 Å². The van der Waals surface area contributed by atoms with Gasteiger partial charge in [-0.3, -0.25) is 9.59 Å². The minimum atomic E-state index is -0.354. The predicted octanol–water partition coefficient (Wildman–Crippen LogP) is 1.56. The molecule has 0 radical (unpaired) electrons. The van der Waals surface area contributed by atoms with Crippen molar-refractivity contribution >= 4 is 17.6 Å². The van der Waals surface area contributed by atoms with Crippen molar-refractivity contribution in [2.75, 3.05) is 12.4 Å². The summed E-state index contributed by atoms with van der Waals surface area (Å²) in [6, 6.07) is 7.05. The van der Waals surface area contributed by atoms with E-state index in [0.29, 0.717) is 0 Å². The Balaban J connectivity index is 2.62. The maximum absolute atomic E-state index is 10.8. The average molecular weight is 231 g/mol. The topological polar surface area (TPSA) is 55.4 Å². The van der Waals surface area contributed by atoms with E-state index in [1.165, 1.54) is 14.0 Å². The fourth-order valence-corrected chi connectivity index (χ4v) is 1.13. The normalized spacial score (nSPS) is 8.82. The molecule has 4 nitrogen and oxygen atoms in total. The van der Waals surface area contributed by atoms with Crippen LogP contribution >= 0.6 is 0 Å². The third-order valence-electron chi connectivity index (χ3n) is 1.90. The van der Waals surface area contributed by atoms with Gasteiger partial charge in [-0.1, -0.05) is 11.8 Å². The second-order valence-corrected chi connectivity index (χ2v) is 3.31. The second kappa shape index (κ2) is 6.33. The summed E-state index contributed by atoms with van der Waals surface area (Å²) in [4.78, 5) is 21.6. The fraction of sp³-hybridized carbons (Fsp3) is 0.231. The van der Waals surface area contributed by atoms with Gasteiger partial charge in [0.05, 0.1) is 7.11 Å². The Morgan fingerprint density at radius 2 is 1.94 bits per heavy atom. The maximum Gasteiger partial charge on any atom is 0.317 e. The Morgan fingerprint density at radius 3 is 2.47 bits per heavy atom. The number of ether oxygens (including phenoxy) is 1. The van der Waals surface area contributed by atoms with Crippen molar-refractivity contribution in [3.8, 4) is 11.8 Å². The highest BCUT2D eigenvalue weighted by Crippen LogP contribution is 2.08. The Labute approximate surface area is 100.0 Å². The first-order valence-corrected chi connectivity index (χ1v) is 5.05. The molecule has 1 amide bonds. The quantitative estimate of drug-likeness (QED) is 0.620. The molecule has 0 fully saturated rings. The van der Waals surface area contributed by atoms with Crippen LogP contribution < -0.4 is 5.32 Å². The van der Waals surface area contributed by atoms with Crippen LogP contribution in [-0.4, -0.2) is 19.0 Å². The van der Waals surface area contributed by atoms with Crippen molar-refractivity contribution in [3.05, 3.63) is 29.8 Å². The van der Waals surface area contributed by atoms with E-state index in [9.17, 15) is 9.59 Å². The number of amides is 1. The van der Waals surface area contributed by atoms with E-state index in [4.69, 9.17) is 0 Å². The third-order valence-corrected chi connectivity index (χ3v) is 1.90. The summed E-state index contributed by atoms with van der Waals surface area (Å²) in [6.07, 6.45) is 0.0734. The van der Waals surface area contributed by atoms with Crippen LogP contribution in [-0.2, 0) is 14.3 Å². The molecule has 4 heteroatoms. The Hall–Kier alpha value is -2.28. The number of carbonyl (C=O) groups excluding carboxylic acids is 2. The number of hydrogen-bond acceptors (Lipinski definition) is 3. The first kappa shape index (κ1) is 12.8. The molecule has 1 N–H and O–H groups in total. The molecule has 0 saturated heterocycles. The minimum absolute atomic E-state index is 0.0734. The van der Waals surface area contributed by atoms with Gasteiger partial charge in [-0.2, -0.15) is 0 Å². The van der Waals surface area contributed by atoms with E-state index < -0.39 is 0 Å². The van der Waals surface area contributed by atoms with E-state index in [0.717, 1.165) is 11.3 Å². The van der Waals surface area contributed by atoms with Gasteiger partial charge in [-0.15, -0.1) is 0 Å². The molecule has 1 aromatic rings. The van der Waals surface area contributed by atoms with Crippen LogP contribution in [0.5, 0.6) is 0 Å². The molecule has 0 bridgehead atoms. The molecule has 0 saturated carbocycles. The van der Waals surface area contributed by atoms with Crippen LogP contribution in [0, 0.1) is 11.8 Å². The van der Waals surface area contributed by atoms with Gasteiger partial charge >= 0.3 is 5.97 Å². The molecule has 1 aromatic carbocycles. The summed E-state index contributed by atoms with van der Waals surface area (Å²) in [5.74, 6) is 5.06. The number of carbonyl (C=O) groups is 2. The molecular formula is C13H13NO3. The van der Waals surface area contributed by atoms with Gasteiger partial charge in [0.1, 0.15) is 6.42 Å². The molecule has 0 aliphatic rings. The monoisotopic (exact) mass is 231 g/mol. The molecule has 88 valence electrons. The van der Waals surface area contributed by atoms with Crippen LogP contribution in [0.2, 0.25) is 0 Å². The summed E-state index contributed by atoms with van der Waals surface area (Å²) in [5.41, 5.74) is 1.50. The largest absolute Gasteiger partial charge is 0.468 e. The minimum Gasteiger partial charge on any atom is -0.468 e. The summed E-state index contributed by atoms with van der Waals surface area (Å²) in [6.45, 7) is 1.45. The smallest absolute Gasteiger partial charge is 0.317 e. The molecule has 0 aliphatic carbocycles. The van der Waals surface area contributed by atoms with Crippen LogP contribution in [0.15, 0.2) is 24.3 Å². The maximum atomic E-state index is 10.8. The first-order chi connectivity index (χ1) is 8.11. The predicted molar refractivity (Wildman–Crippen MR) is 64.3 cm³/mol. The van der Waals surface area contributed by atoms with Crippen molar-refractivity contribution in [3.63, 3.8) is 0 Å². The summed E-state index contributed by atoms with van der Waals surface area (Å²) in [7, 11) is 1.33. The number of nitrogens with one attached hydrogen (secondary N) is 1. The highest BCUT2D eigenvalue weighted by Gasteiger charge is 1.95. The molecule has 0 unspecified atom stereocenters. The van der Waals surface area contributed by atoms with Gasteiger partial charge < -0.3 is 10.1 Å². The van der Waals surface area contributed by atoms with E-state index in [1.54, 1.807) is 24.3 Å². The molecule has 1 rings (SSSR count). The van der Waals surface area contributed by atoms with E-state index in [2.05, 4.69) is 21.9 Å². The molecule has 0 heterocycles. The number of rotatable bonds is 2. The van der Waals surface area contributed by atoms with Gasteiger partial charge in [-0.25, -0.2) is 0 Å². The SMILES string of the molecule is COC(=O)CC#Cc1ccc(NC(C)=O)cc1.